The summed E-state index contributed by atoms with van der Waals surface area (Å²) in [5, 5.41) is 9.85. The van der Waals surface area contributed by atoms with Crippen molar-refractivity contribution in [3.63, 3.8) is 0 Å². The SMILES string of the molecule is CC(C)C(CN)C(=O)Nc1cc(C(C)(C)C)[nH]n1. The van der Waals surface area contributed by atoms with E-state index in [1.54, 1.807) is 0 Å². The molecule has 1 aromatic rings. The van der Waals surface area contributed by atoms with Crippen LogP contribution in [0.25, 0.3) is 0 Å². The van der Waals surface area contributed by atoms with E-state index in [2.05, 4.69) is 36.3 Å². The molecule has 1 unspecified atom stereocenters. The molecule has 1 heterocycles. The first kappa shape index (κ1) is 14.7. The predicted octanol–water partition coefficient (Wildman–Crippen LogP) is 1.88. The lowest BCUT2D eigenvalue weighted by Crippen LogP contribution is -2.33. The minimum Gasteiger partial charge on any atom is -0.330 e. The van der Waals surface area contributed by atoms with E-state index in [9.17, 15) is 4.79 Å². The van der Waals surface area contributed by atoms with Gasteiger partial charge in [0.15, 0.2) is 5.82 Å². The van der Waals surface area contributed by atoms with Crippen molar-refractivity contribution in [1.82, 2.24) is 10.2 Å². The molecule has 0 spiro atoms. The first-order chi connectivity index (χ1) is 8.25. The molecule has 0 aliphatic carbocycles. The van der Waals surface area contributed by atoms with Crippen LogP contribution in [0.2, 0.25) is 0 Å². The van der Waals surface area contributed by atoms with E-state index in [1.165, 1.54) is 0 Å². The summed E-state index contributed by atoms with van der Waals surface area (Å²) in [5.41, 5.74) is 6.59. The van der Waals surface area contributed by atoms with Gasteiger partial charge < -0.3 is 11.1 Å². The smallest absolute Gasteiger partial charge is 0.230 e. The van der Waals surface area contributed by atoms with Crippen molar-refractivity contribution in [2.24, 2.45) is 17.6 Å². The molecule has 0 aliphatic heterocycles. The molecule has 1 atom stereocenters. The van der Waals surface area contributed by atoms with Gasteiger partial charge in [0, 0.05) is 23.7 Å². The number of anilines is 1. The highest BCUT2D eigenvalue weighted by molar-refractivity contribution is 5.92. The van der Waals surface area contributed by atoms with Crippen molar-refractivity contribution >= 4 is 11.7 Å². The Labute approximate surface area is 109 Å². The maximum Gasteiger partial charge on any atom is 0.230 e. The maximum atomic E-state index is 12.0. The van der Waals surface area contributed by atoms with Crippen LogP contribution < -0.4 is 11.1 Å². The van der Waals surface area contributed by atoms with E-state index in [0.717, 1.165) is 5.69 Å². The number of carbonyl (C=O) groups excluding carboxylic acids is 1. The zero-order valence-electron chi connectivity index (χ0n) is 11.9. The first-order valence-corrected chi connectivity index (χ1v) is 6.32. The maximum absolute atomic E-state index is 12.0. The molecule has 102 valence electrons. The van der Waals surface area contributed by atoms with Gasteiger partial charge in [0.05, 0.1) is 5.92 Å². The summed E-state index contributed by atoms with van der Waals surface area (Å²) in [6, 6.07) is 1.87. The van der Waals surface area contributed by atoms with Crippen LogP contribution in [0.3, 0.4) is 0 Å². The number of hydrogen-bond donors (Lipinski definition) is 3. The van der Waals surface area contributed by atoms with E-state index < -0.39 is 0 Å². The van der Waals surface area contributed by atoms with Crippen molar-refractivity contribution in [1.29, 1.82) is 0 Å². The third-order valence-corrected chi connectivity index (χ3v) is 3.03. The fourth-order valence-electron chi connectivity index (χ4n) is 1.67. The zero-order chi connectivity index (χ0) is 13.9. The number of H-pyrrole nitrogens is 1. The van der Waals surface area contributed by atoms with Gasteiger partial charge in [0.2, 0.25) is 5.91 Å². The fourth-order valence-corrected chi connectivity index (χ4v) is 1.67. The third-order valence-electron chi connectivity index (χ3n) is 3.03. The molecule has 1 rings (SSSR count). The van der Waals surface area contributed by atoms with Crippen molar-refractivity contribution in [2.45, 2.75) is 40.0 Å². The molecule has 0 aliphatic rings. The van der Waals surface area contributed by atoms with Gasteiger partial charge in [-0.2, -0.15) is 5.10 Å². The van der Waals surface area contributed by atoms with Crippen LogP contribution in [0, 0.1) is 11.8 Å². The number of amides is 1. The number of aromatic amines is 1. The lowest BCUT2D eigenvalue weighted by atomic mass is 9.92. The quantitative estimate of drug-likeness (QED) is 0.765. The Morgan fingerprint density at radius 1 is 1.50 bits per heavy atom. The molecular formula is C13H24N4O. The fraction of sp³-hybridized carbons (Fsp3) is 0.692. The van der Waals surface area contributed by atoms with Crippen LogP contribution in [-0.4, -0.2) is 22.6 Å². The second kappa shape index (κ2) is 5.52. The van der Waals surface area contributed by atoms with E-state index >= 15 is 0 Å². The molecular weight excluding hydrogens is 228 g/mol. The molecule has 0 bridgehead atoms. The van der Waals surface area contributed by atoms with E-state index in [-0.39, 0.29) is 23.2 Å². The van der Waals surface area contributed by atoms with Crippen molar-refractivity contribution < 1.29 is 4.79 Å². The zero-order valence-corrected chi connectivity index (χ0v) is 11.9. The summed E-state index contributed by atoms with van der Waals surface area (Å²) in [6.07, 6.45) is 0. The van der Waals surface area contributed by atoms with Gasteiger partial charge in [-0.25, -0.2) is 0 Å². The molecule has 0 saturated carbocycles. The van der Waals surface area contributed by atoms with Crippen molar-refractivity contribution in [3.8, 4) is 0 Å². The monoisotopic (exact) mass is 252 g/mol. The van der Waals surface area contributed by atoms with Crippen molar-refractivity contribution in [3.05, 3.63) is 11.8 Å². The number of aromatic nitrogens is 2. The number of hydrogen-bond acceptors (Lipinski definition) is 3. The predicted molar refractivity (Wildman–Crippen MR) is 73.3 cm³/mol. The minimum atomic E-state index is -0.181. The Morgan fingerprint density at radius 2 is 2.11 bits per heavy atom. The second-order valence-corrected chi connectivity index (χ2v) is 5.99. The average molecular weight is 252 g/mol. The Hall–Kier alpha value is -1.36. The van der Waals surface area contributed by atoms with E-state index in [0.29, 0.717) is 12.4 Å². The Balaban J connectivity index is 2.74. The van der Waals surface area contributed by atoms with Gasteiger partial charge in [-0.1, -0.05) is 34.6 Å². The van der Waals surface area contributed by atoms with E-state index in [4.69, 9.17) is 5.73 Å². The minimum absolute atomic E-state index is 0.0126. The Morgan fingerprint density at radius 3 is 2.50 bits per heavy atom. The van der Waals surface area contributed by atoms with Crippen LogP contribution in [0.5, 0.6) is 0 Å². The van der Waals surface area contributed by atoms with Gasteiger partial charge in [-0.15, -0.1) is 0 Å². The van der Waals surface area contributed by atoms with E-state index in [1.807, 2.05) is 19.9 Å². The normalized spacial score (nSPS) is 13.7. The lowest BCUT2D eigenvalue weighted by Gasteiger charge is -2.17. The van der Waals surface area contributed by atoms with Gasteiger partial charge in [-0.3, -0.25) is 9.89 Å². The molecule has 1 aromatic heterocycles. The summed E-state index contributed by atoms with van der Waals surface area (Å²) in [5.74, 6) is 0.527. The lowest BCUT2D eigenvalue weighted by molar-refractivity contribution is -0.120. The van der Waals surface area contributed by atoms with Crippen LogP contribution in [0.15, 0.2) is 6.07 Å². The van der Waals surface area contributed by atoms with Gasteiger partial charge in [-0.05, 0) is 5.92 Å². The summed E-state index contributed by atoms with van der Waals surface area (Å²) < 4.78 is 0. The largest absolute Gasteiger partial charge is 0.330 e. The third kappa shape index (κ3) is 3.57. The highest BCUT2D eigenvalue weighted by Crippen LogP contribution is 2.22. The van der Waals surface area contributed by atoms with Crippen LogP contribution >= 0.6 is 0 Å². The summed E-state index contributed by atoms with van der Waals surface area (Å²) in [6.45, 7) is 10.6. The molecule has 5 heteroatoms. The summed E-state index contributed by atoms with van der Waals surface area (Å²) >= 11 is 0. The standard InChI is InChI=1S/C13H24N4O/c1-8(2)9(7-14)12(18)15-11-6-10(16-17-11)13(3,4)5/h6,8-9H,7,14H2,1-5H3,(H2,15,16,17,18). The highest BCUT2D eigenvalue weighted by atomic mass is 16.2. The van der Waals surface area contributed by atoms with Gasteiger partial charge >= 0.3 is 0 Å². The average Bonchev–Trinajstić information content (AvgIpc) is 2.65. The first-order valence-electron chi connectivity index (χ1n) is 6.32. The molecule has 1 amide bonds. The molecule has 0 aromatic carbocycles. The van der Waals surface area contributed by atoms with Crippen LogP contribution in [0.1, 0.15) is 40.3 Å². The van der Waals surface area contributed by atoms with Gasteiger partial charge in [0.1, 0.15) is 0 Å². The molecule has 0 fully saturated rings. The molecule has 5 nitrogen and oxygen atoms in total. The number of carbonyl (C=O) groups is 1. The number of nitrogens with zero attached hydrogens (tertiary/aromatic N) is 1. The second-order valence-electron chi connectivity index (χ2n) is 5.99. The van der Waals surface area contributed by atoms with Crippen LogP contribution in [-0.2, 0) is 10.2 Å². The number of nitrogens with one attached hydrogen (secondary N) is 2. The molecule has 0 radical (unpaired) electrons. The highest BCUT2D eigenvalue weighted by Gasteiger charge is 2.22. The molecule has 4 N–H and O–H groups in total. The topological polar surface area (TPSA) is 83.8 Å². The van der Waals surface area contributed by atoms with Gasteiger partial charge in [0.25, 0.3) is 0 Å². The Bertz CT molecular complexity index is 403. The molecule has 18 heavy (non-hydrogen) atoms. The number of nitrogens with two attached hydrogens (primary N) is 1. The van der Waals surface area contributed by atoms with Crippen molar-refractivity contribution in [2.75, 3.05) is 11.9 Å². The van der Waals surface area contributed by atoms with Crippen LogP contribution in [0.4, 0.5) is 5.82 Å². The number of rotatable bonds is 4. The Kier molecular flexibility index (Phi) is 4.51. The summed E-state index contributed by atoms with van der Waals surface area (Å²) in [4.78, 5) is 12.0. The summed E-state index contributed by atoms with van der Waals surface area (Å²) in [7, 11) is 0. The molecule has 0 saturated heterocycles.